The van der Waals surface area contributed by atoms with E-state index >= 15 is 0 Å². The molecule has 1 aliphatic rings. The van der Waals surface area contributed by atoms with Crippen LogP contribution in [0.5, 0.6) is 0 Å². The number of carbonyl (C=O) groups excluding carboxylic acids is 2. The van der Waals surface area contributed by atoms with Gasteiger partial charge in [0.25, 0.3) is 0 Å². The van der Waals surface area contributed by atoms with Crippen molar-refractivity contribution in [3.8, 4) is 11.3 Å². The Kier molecular flexibility index (Phi) is 6.49. The lowest BCUT2D eigenvalue weighted by Gasteiger charge is -2.32. The molecule has 3 aromatic rings. The number of aromatic nitrogens is 2. The molecule has 0 spiro atoms. The van der Waals surface area contributed by atoms with Crippen LogP contribution < -0.4 is 5.32 Å². The van der Waals surface area contributed by atoms with Gasteiger partial charge in [0.15, 0.2) is 0 Å². The first kappa shape index (κ1) is 20.2. The van der Waals surface area contributed by atoms with Crippen molar-refractivity contribution in [3.05, 3.63) is 70.8 Å². The van der Waals surface area contributed by atoms with Crippen LogP contribution in [-0.2, 0) is 22.6 Å². The van der Waals surface area contributed by atoms with E-state index in [1.807, 2.05) is 52.7 Å². The zero-order chi connectivity index (χ0) is 20.8. The Bertz CT molecular complexity index is 991. The van der Waals surface area contributed by atoms with Crippen molar-refractivity contribution in [2.45, 2.75) is 25.8 Å². The Morgan fingerprint density at radius 3 is 2.73 bits per heavy atom. The maximum atomic E-state index is 12.7. The second-order valence-corrected chi connectivity index (χ2v) is 8.36. The molecule has 0 bridgehead atoms. The Hall–Kier alpha value is -3.06. The van der Waals surface area contributed by atoms with Crippen molar-refractivity contribution in [2.75, 3.05) is 13.1 Å². The number of rotatable bonds is 6. The fourth-order valence-electron chi connectivity index (χ4n) is 3.65. The molecule has 1 N–H and O–H groups in total. The summed E-state index contributed by atoms with van der Waals surface area (Å²) in [6.45, 7) is 1.61. The Morgan fingerprint density at radius 2 is 1.93 bits per heavy atom. The van der Waals surface area contributed by atoms with Crippen LogP contribution in [-0.4, -0.2) is 39.8 Å². The van der Waals surface area contributed by atoms with Crippen molar-refractivity contribution in [3.63, 3.8) is 0 Å². The number of hydrogen-bond acceptors (Lipinski definition) is 5. The number of nitrogens with zero attached hydrogens (tertiary/aromatic N) is 3. The molecule has 0 radical (unpaired) electrons. The van der Waals surface area contributed by atoms with Gasteiger partial charge in [0.1, 0.15) is 5.01 Å². The van der Waals surface area contributed by atoms with Crippen molar-refractivity contribution >= 4 is 23.2 Å². The molecular weight excluding hydrogens is 396 g/mol. The SMILES string of the molecule is O=C(NCc1nc(-c2ccncc2)cs1)C1CCCN(C(=O)Cc2ccccc2)C1. The molecule has 1 aromatic carbocycles. The highest BCUT2D eigenvalue weighted by molar-refractivity contribution is 7.09. The fraction of sp³-hybridized carbons (Fsp3) is 0.304. The van der Waals surface area contributed by atoms with E-state index in [1.165, 1.54) is 11.3 Å². The van der Waals surface area contributed by atoms with Gasteiger partial charge in [-0.3, -0.25) is 14.6 Å². The molecule has 1 unspecified atom stereocenters. The molecule has 4 rings (SSSR count). The molecule has 0 aliphatic carbocycles. The molecule has 1 saturated heterocycles. The van der Waals surface area contributed by atoms with Gasteiger partial charge in [-0.15, -0.1) is 11.3 Å². The number of piperidine rings is 1. The topological polar surface area (TPSA) is 75.2 Å². The molecule has 3 heterocycles. The molecule has 1 atom stereocenters. The number of thiazole rings is 1. The molecule has 6 nitrogen and oxygen atoms in total. The van der Waals surface area contributed by atoms with Gasteiger partial charge in [-0.1, -0.05) is 30.3 Å². The minimum Gasteiger partial charge on any atom is -0.349 e. The fourth-order valence-corrected chi connectivity index (χ4v) is 4.40. The summed E-state index contributed by atoms with van der Waals surface area (Å²) in [6, 6.07) is 13.6. The summed E-state index contributed by atoms with van der Waals surface area (Å²) in [5, 5.41) is 5.85. The largest absolute Gasteiger partial charge is 0.349 e. The van der Waals surface area contributed by atoms with E-state index in [4.69, 9.17) is 0 Å². The van der Waals surface area contributed by atoms with Gasteiger partial charge in [0.2, 0.25) is 11.8 Å². The third-order valence-electron chi connectivity index (χ3n) is 5.28. The highest BCUT2D eigenvalue weighted by Crippen LogP contribution is 2.22. The number of pyridine rings is 1. The van der Waals surface area contributed by atoms with E-state index in [0.717, 1.165) is 41.2 Å². The lowest BCUT2D eigenvalue weighted by atomic mass is 9.96. The van der Waals surface area contributed by atoms with Crippen LogP contribution in [0.25, 0.3) is 11.3 Å². The van der Waals surface area contributed by atoms with Crippen LogP contribution in [0, 0.1) is 5.92 Å². The molecule has 2 amide bonds. The van der Waals surface area contributed by atoms with E-state index < -0.39 is 0 Å². The van der Waals surface area contributed by atoms with Crippen LogP contribution in [0.4, 0.5) is 0 Å². The van der Waals surface area contributed by atoms with E-state index in [1.54, 1.807) is 12.4 Å². The Balaban J connectivity index is 1.29. The van der Waals surface area contributed by atoms with E-state index in [0.29, 0.717) is 19.5 Å². The van der Waals surface area contributed by atoms with Gasteiger partial charge >= 0.3 is 0 Å². The Labute approximate surface area is 180 Å². The minimum atomic E-state index is -0.168. The maximum Gasteiger partial charge on any atom is 0.227 e. The lowest BCUT2D eigenvalue weighted by molar-refractivity contribution is -0.135. The number of likely N-dealkylation sites (tertiary alicyclic amines) is 1. The molecule has 7 heteroatoms. The van der Waals surface area contributed by atoms with E-state index in [9.17, 15) is 9.59 Å². The summed E-state index contributed by atoms with van der Waals surface area (Å²) in [4.78, 5) is 35.8. The molecule has 1 aliphatic heterocycles. The number of carbonyl (C=O) groups is 2. The van der Waals surface area contributed by atoms with Crippen LogP contribution in [0.1, 0.15) is 23.4 Å². The van der Waals surface area contributed by atoms with Gasteiger partial charge in [-0.2, -0.15) is 0 Å². The first-order valence-electron chi connectivity index (χ1n) is 10.1. The third kappa shape index (κ3) is 5.10. The lowest BCUT2D eigenvalue weighted by Crippen LogP contribution is -2.45. The highest BCUT2D eigenvalue weighted by Gasteiger charge is 2.28. The number of hydrogen-bond donors (Lipinski definition) is 1. The standard InChI is InChI=1S/C23H24N4O2S/c28-22(13-17-5-2-1-3-6-17)27-12-4-7-19(15-27)23(29)25-14-21-26-20(16-30-21)18-8-10-24-11-9-18/h1-3,5-6,8-11,16,19H,4,7,12-15H2,(H,25,29). The number of nitrogens with one attached hydrogen (secondary N) is 1. The Morgan fingerprint density at radius 1 is 1.13 bits per heavy atom. The minimum absolute atomic E-state index is 0.00660. The summed E-state index contributed by atoms with van der Waals surface area (Å²) in [5.74, 6) is -0.0911. The third-order valence-corrected chi connectivity index (χ3v) is 6.13. The first-order valence-corrected chi connectivity index (χ1v) is 11.0. The summed E-state index contributed by atoms with van der Waals surface area (Å²) in [7, 11) is 0. The van der Waals surface area contributed by atoms with Gasteiger partial charge in [-0.25, -0.2) is 4.98 Å². The van der Waals surface area contributed by atoms with Crippen LogP contribution in [0.15, 0.2) is 60.2 Å². The van der Waals surface area contributed by atoms with Crippen LogP contribution >= 0.6 is 11.3 Å². The quantitative estimate of drug-likeness (QED) is 0.664. The summed E-state index contributed by atoms with van der Waals surface area (Å²) >= 11 is 1.53. The zero-order valence-electron chi connectivity index (χ0n) is 16.7. The predicted molar refractivity (Wildman–Crippen MR) is 117 cm³/mol. The smallest absolute Gasteiger partial charge is 0.227 e. The normalized spacial score (nSPS) is 16.3. The second kappa shape index (κ2) is 9.63. The molecule has 154 valence electrons. The van der Waals surface area contributed by atoms with Crippen molar-refractivity contribution < 1.29 is 9.59 Å². The molecule has 2 aromatic heterocycles. The van der Waals surface area contributed by atoms with Crippen molar-refractivity contribution in [1.82, 2.24) is 20.2 Å². The van der Waals surface area contributed by atoms with Crippen molar-refractivity contribution in [1.29, 1.82) is 0 Å². The summed E-state index contributed by atoms with van der Waals surface area (Å²) < 4.78 is 0. The van der Waals surface area contributed by atoms with Crippen molar-refractivity contribution in [2.24, 2.45) is 5.92 Å². The van der Waals surface area contributed by atoms with Gasteiger partial charge in [-0.05, 0) is 30.5 Å². The molecule has 0 saturated carbocycles. The molecule has 30 heavy (non-hydrogen) atoms. The summed E-state index contributed by atoms with van der Waals surface area (Å²) in [5.41, 5.74) is 2.91. The van der Waals surface area contributed by atoms with Crippen LogP contribution in [0.2, 0.25) is 0 Å². The second-order valence-electron chi connectivity index (χ2n) is 7.42. The van der Waals surface area contributed by atoms with Gasteiger partial charge in [0, 0.05) is 36.4 Å². The van der Waals surface area contributed by atoms with E-state index in [-0.39, 0.29) is 17.7 Å². The van der Waals surface area contributed by atoms with Gasteiger partial charge in [0.05, 0.1) is 24.6 Å². The van der Waals surface area contributed by atoms with E-state index in [2.05, 4.69) is 15.3 Å². The summed E-state index contributed by atoms with van der Waals surface area (Å²) in [6.07, 6.45) is 5.52. The monoisotopic (exact) mass is 420 g/mol. The number of amides is 2. The average molecular weight is 421 g/mol. The van der Waals surface area contributed by atoms with Gasteiger partial charge < -0.3 is 10.2 Å². The average Bonchev–Trinajstić information content (AvgIpc) is 3.28. The number of benzene rings is 1. The highest BCUT2D eigenvalue weighted by atomic mass is 32.1. The zero-order valence-corrected chi connectivity index (χ0v) is 17.5. The van der Waals surface area contributed by atoms with Crippen LogP contribution in [0.3, 0.4) is 0 Å². The first-order chi connectivity index (χ1) is 14.7. The maximum absolute atomic E-state index is 12.7. The molecule has 1 fully saturated rings. The molecular formula is C23H24N4O2S. The predicted octanol–water partition coefficient (Wildman–Crippen LogP) is 3.30.